The second-order valence-electron chi connectivity index (χ2n) is 7.07. The molecule has 4 heterocycles. The molecule has 8 heteroatoms. The number of carbonyl (C=O) groups excluding carboxylic acids is 1. The zero-order valence-corrected chi connectivity index (χ0v) is 16.3. The van der Waals surface area contributed by atoms with Crippen LogP contribution in [0.2, 0.25) is 0 Å². The number of hydrogen-bond acceptors (Lipinski definition) is 6. The quantitative estimate of drug-likeness (QED) is 0.669. The zero-order chi connectivity index (χ0) is 20.1. The molecule has 1 fully saturated rings. The van der Waals surface area contributed by atoms with Gasteiger partial charge in [-0.1, -0.05) is 0 Å². The van der Waals surface area contributed by atoms with E-state index in [0.29, 0.717) is 24.5 Å². The summed E-state index contributed by atoms with van der Waals surface area (Å²) in [7, 11) is 0. The highest BCUT2D eigenvalue weighted by molar-refractivity contribution is 5.94. The van der Waals surface area contributed by atoms with Gasteiger partial charge < -0.3 is 19.9 Å². The SMILES string of the molecule is CC(Nc1ccc(C(=O)N2CCC(Oc3cccnc3)CC2)cn1)c1ncc[nH]1. The molecule has 1 saturated heterocycles. The Balaban J connectivity index is 1.29. The normalized spacial score (nSPS) is 15.7. The number of imidazole rings is 1. The van der Waals surface area contributed by atoms with E-state index >= 15 is 0 Å². The second-order valence-corrected chi connectivity index (χ2v) is 7.07. The van der Waals surface area contributed by atoms with Gasteiger partial charge >= 0.3 is 0 Å². The maximum Gasteiger partial charge on any atom is 0.255 e. The van der Waals surface area contributed by atoms with Crippen LogP contribution in [0.15, 0.2) is 55.2 Å². The molecule has 4 rings (SSSR count). The number of carbonyl (C=O) groups is 1. The standard InChI is InChI=1S/C21H24N6O2/c1-15(20-23-9-10-24-20)26-19-5-4-16(13-25-19)21(28)27-11-6-17(7-12-27)29-18-3-2-8-22-14-18/h2-5,8-10,13-15,17H,6-7,11-12H2,1H3,(H,23,24)(H,25,26). The lowest BCUT2D eigenvalue weighted by molar-refractivity contribution is 0.0594. The van der Waals surface area contributed by atoms with Gasteiger partial charge in [-0.05, 0) is 31.2 Å². The molecule has 0 aliphatic carbocycles. The van der Waals surface area contributed by atoms with Crippen molar-refractivity contribution in [3.05, 3.63) is 66.6 Å². The monoisotopic (exact) mass is 392 g/mol. The summed E-state index contributed by atoms with van der Waals surface area (Å²) in [6, 6.07) is 7.39. The number of aromatic nitrogens is 4. The Morgan fingerprint density at radius 1 is 1.21 bits per heavy atom. The number of nitrogens with one attached hydrogen (secondary N) is 2. The molecule has 1 atom stereocenters. The molecule has 1 aliphatic heterocycles. The molecule has 1 aliphatic rings. The number of likely N-dealkylation sites (tertiary alicyclic amines) is 1. The molecule has 8 nitrogen and oxygen atoms in total. The van der Waals surface area contributed by atoms with E-state index in [-0.39, 0.29) is 18.1 Å². The summed E-state index contributed by atoms with van der Waals surface area (Å²) in [5, 5.41) is 3.27. The highest BCUT2D eigenvalue weighted by Crippen LogP contribution is 2.20. The van der Waals surface area contributed by atoms with Gasteiger partial charge in [-0.3, -0.25) is 9.78 Å². The number of hydrogen-bond donors (Lipinski definition) is 2. The summed E-state index contributed by atoms with van der Waals surface area (Å²) in [5.74, 6) is 2.31. The summed E-state index contributed by atoms with van der Waals surface area (Å²) < 4.78 is 5.94. The minimum Gasteiger partial charge on any atom is -0.489 e. The van der Waals surface area contributed by atoms with E-state index in [1.54, 1.807) is 31.0 Å². The van der Waals surface area contributed by atoms with Gasteiger partial charge in [0.25, 0.3) is 5.91 Å². The first kappa shape index (κ1) is 18.9. The van der Waals surface area contributed by atoms with E-state index in [1.807, 2.05) is 36.1 Å². The number of amides is 1. The molecule has 29 heavy (non-hydrogen) atoms. The third kappa shape index (κ3) is 4.71. The summed E-state index contributed by atoms with van der Waals surface area (Å²) in [4.78, 5) is 30.4. The Hall–Kier alpha value is -3.42. The van der Waals surface area contributed by atoms with Crippen LogP contribution in [0.5, 0.6) is 5.75 Å². The van der Waals surface area contributed by atoms with E-state index in [2.05, 4.69) is 25.3 Å². The highest BCUT2D eigenvalue weighted by Gasteiger charge is 2.25. The average Bonchev–Trinajstić information content (AvgIpc) is 3.30. The van der Waals surface area contributed by atoms with Crippen molar-refractivity contribution in [2.24, 2.45) is 0 Å². The van der Waals surface area contributed by atoms with Crippen LogP contribution in [0.4, 0.5) is 5.82 Å². The van der Waals surface area contributed by atoms with Crippen molar-refractivity contribution in [1.29, 1.82) is 0 Å². The number of anilines is 1. The number of H-pyrrole nitrogens is 1. The molecule has 150 valence electrons. The maximum absolute atomic E-state index is 12.8. The lowest BCUT2D eigenvalue weighted by Crippen LogP contribution is -2.41. The number of nitrogens with zero attached hydrogens (tertiary/aromatic N) is 4. The molecule has 0 aromatic carbocycles. The highest BCUT2D eigenvalue weighted by atomic mass is 16.5. The Morgan fingerprint density at radius 3 is 2.72 bits per heavy atom. The molecular formula is C21H24N6O2. The smallest absolute Gasteiger partial charge is 0.255 e. The van der Waals surface area contributed by atoms with Crippen LogP contribution in [0.1, 0.15) is 42.0 Å². The second kappa shape index (κ2) is 8.72. The van der Waals surface area contributed by atoms with Gasteiger partial charge in [0, 0.05) is 50.7 Å². The van der Waals surface area contributed by atoms with Crippen molar-refractivity contribution in [2.75, 3.05) is 18.4 Å². The number of piperidine rings is 1. The van der Waals surface area contributed by atoms with Crippen LogP contribution in [-0.2, 0) is 0 Å². The van der Waals surface area contributed by atoms with Gasteiger partial charge in [0.1, 0.15) is 23.5 Å². The van der Waals surface area contributed by atoms with Crippen LogP contribution in [0, 0.1) is 0 Å². The molecule has 0 saturated carbocycles. The third-order valence-corrected chi connectivity index (χ3v) is 4.97. The first-order chi connectivity index (χ1) is 14.2. The third-order valence-electron chi connectivity index (χ3n) is 4.97. The fourth-order valence-electron chi connectivity index (χ4n) is 3.38. The van der Waals surface area contributed by atoms with E-state index in [1.165, 1.54) is 0 Å². The van der Waals surface area contributed by atoms with Crippen molar-refractivity contribution in [1.82, 2.24) is 24.8 Å². The van der Waals surface area contributed by atoms with Crippen LogP contribution < -0.4 is 10.1 Å². The van der Waals surface area contributed by atoms with Gasteiger partial charge in [-0.25, -0.2) is 9.97 Å². The average molecular weight is 392 g/mol. The number of ether oxygens (including phenoxy) is 1. The Morgan fingerprint density at radius 2 is 2.07 bits per heavy atom. The summed E-state index contributed by atoms with van der Waals surface area (Å²) >= 11 is 0. The molecule has 3 aromatic rings. The van der Waals surface area contributed by atoms with Crippen LogP contribution >= 0.6 is 0 Å². The lowest BCUT2D eigenvalue weighted by Gasteiger charge is -2.32. The molecule has 1 amide bonds. The van der Waals surface area contributed by atoms with Crippen molar-refractivity contribution >= 4 is 11.7 Å². The Kier molecular flexibility index (Phi) is 5.69. The van der Waals surface area contributed by atoms with Crippen molar-refractivity contribution in [3.63, 3.8) is 0 Å². The van der Waals surface area contributed by atoms with E-state index < -0.39 is 0 Å². The first-order valence-corrected chi connectivity index (χ1v) is 9.77. The predicted molar refractivity (Wildman–Crippen MR) is 109 cm³/mol. The zero-order valence-electron chi connectivity index (χ0n) is 16.3. The molecule has 0 bridgehead atoms. The predicted octanol–water partition coefficient (Wildman–Crippen LogP) is 3.06. The maximum atomic E-state index is 12.8. The summed E-state index contributed by atoms with van der Waals surface area (Å²) in [6.07, 6.45) is 10.3. The molecule has 1 unspecified atom stereocenters. The van der Waals surface area contributed by atoms with Crippen LogP contribution in [0.25, 0.3) is 0 Å². The van der Waals surface area contributed by atoms with Gasteiger partial charge in [0.05, 0.1) is 17.8 Å². The molecule has 3 aromatic heterocycles. The van der Waals surface area contributed by atoms with Gasteiger partial charge in [0.15, 0.2) is 0 Å². The topological polar surface area (TPSA) is 96.0 Å². The van der Waals surface area contributed by atoms with E-state index in [4.69, 9.17) is 4.74 Å². The van der Waals surface area contributed by atoms with Gasteiger partial charge in [-0.2, -0.15) is 0 Å². The first-order valence-electron chi connectivity index (χ1n) is 9.77. The fraction of sp³-hybridized carbons (Fsp3) is 0.333. The Labute approximate surface area is 169 Å². The van der Waals surface area contributed by atoms with Gasteiger partial charge in [-0.15, -0.1) is 0 Å². The van der Waals surface area contributed by atoms with E-state index in [0.717, 1.165) is 24.4 Å². The largest absolute Gasteiger partial charge is 0.489 e. The summed E-state index contributed by atoms with van der Waals surface area (Å²) in [6.45, 7) is 3.33. The minimum atomic E-state index is -0.00195. The molecular weight excluding hydrogens is 368 g/mol. The number of aromatic amines is 1. The van der Waals surface area contributed by atoms with Crippen LogP contribution in [-0.4, -0.2) is 49.9 Å². The number of rotatable bonds is 6. The van der Waals surface area contributed by atoms with Crippen molar-refractivity contribution in [3.8, 4) is 5.75 Å². The van der Waals surface area contributed by atoms with E-state index in [9.17, 15) is 4.79 Å². The van der Waals surface area contributed by atoms with Crippen molar-refractivity contribution in [2.45, 2.75) is 31.9 Å². The van der Waals surface area contributed by atoms with Crippen molar-refractivity contribution < 1.29 is 9.53 Å². The fourth-order valence-corrected chi connectivity index (χ4v) is 3.38. The van der Waals surface area contributed by atoms with Gasteiger partial charge in [0.2, 0.25) is 0 Å². The summed E-state index contributed by atoms with van der Waals surface area (Å²) in [5.41, 5.74) is 0.591. The lowest BCUT2D eigenvalue weighted by atomic mass is 10.1. The van der Waals surface area contributed by atoms with Crippen LogP contribution in [0.3, 0.4) is 0 Å². The number of pyridine rings is 2. The molecule has 0 radical (unpaired) electrons. The minimum absolute atomic E-state index is 0.00195. The Bertz CT molecular complexity index is 906. The molecule has 0 spiro atoms. The molecule has 2 N–H and O–H groups in total.